The van der Waals surface area contributed by atoms with Crippen LogP contribution < -0.4 is 5.01 Å². The zero-order chi connectivity index (χ0) is 11.5. The van der Waals surface area contributed by atoms with Crippen LogP contribution in [0.15, 0.2) is 30.3 Å². The second-order valence-electron chi connectivity index (χ2n) is 3.39. The van der Waals surface area contributed by atoms with Crippen LogP contribution in [0.25, 0.3) is 0 Å². The Balaban J connectivity index is 2.28. The second-order valence-corrected chi connectivity index (χ2v) is 3.39. The summed E-state index contributed by atoms with van der Waals surface area (Å²) in [6.45, 7) is 0.255. The summed E-state index contributed by atoms with van der Waals surface area (Å²) >= 11 is 0. The Morgan fingerprint density at radius 3 is 2.38 bits per heavy atom. The first-order valence-electron chi connectivity index (χ1n) is 4.88. The van der Waals surface area contributed by atoms with Gasteiger partial charge in [0.05, 0.1) is 12.2 Å². The van der Waals surface area contributed by atoms with Gasteiger partial charge in [-0.1, -0.05) is 18.2 Å². The molecule has 1 heterocycles. The number of ketones is 1. The molecule has 0 saturated carbocycles. The third kappa shape index (κ3) is 1.67. The Morgan fingerprint density at radius 1 is 1.19 bits per heavy atom. The molecule has 1 aliphatic heterocycles. The lowest BCUT2D eigenvalue weighted by Crippen LogP contribution is -2.43. The van der Waals surface area contributed by atoms with Crippen molar-refractivity contribution in [3.05, 3.63) is 30.3 Å². The number of benzene rings is 1. The van der Waals surface area contributed by atoms with Crippen LogP contribution in [0.2, 0.25) is 0 Å². The lowest BCUT2D eigenvalue weighted by Gasteiger charge is -2.26. The molecule has 1 aromatic carbocycles. The number of Topliss-reactive ketones (excluding diaryl/α,β-unsaturated/α-hetero) is 1. The molecule has 0 bridgehead atoms. The zero-order valence-corrected chi connectivity index (χ0v) is 8.50. The lowest BCUT2D eigenvalue weighted by atomic mass is 10.3. The van der Waals surface area contributed by atoms with E-state index in [9.17, 15) is 14.4 Å². The highest BCUT2D eigenvalue weighted by Gasteiger charge is 2.33. The van der Waals surface area contributed by atoms with Gasteiger partial charge in [0, 0.05) is 6.42 Å². The van der Waals surface area contributed by atoms with E-state index in [1.165, 1.54) is 0 Å². The van der Waals surface area contributed by atoms with E-state index in [2.05, 4.69) is 0 Å². The Hall–Kier alpha value is -2.17. The van der Waals surface area contributed by atoms with Crippen molar-refractivity contribution >= 4 is 23.8 Å². The van der Waals surface area contributed by atoms with E-state index in [0.717, 1.165) is 10.0 Å². The lowest BCUT2D eigenvalue weighted by molar-refractivity contribution is -0.141. The van der Waals surface area contributed by atoms with Crippen molar-refractivity contribution in [2.45, 2.75) is 6.42 Å². The third-order valence-electron chi connectivity index (χ3n) is 2.40. The van der Waals surface area contributed by atoms with Crippen molar-refractivity contribution in [2.75, 3.05) is 11.6 Å². The largest absolute Gasteiger partial charge is 0.308 e. The molecule has 0 unspecified atom stereocenters. The van der Waals surface area contributed by atoms with E-state index >= 15 is 0 Å². The van der Waals surface area contributed by atoms with Crippen molar-refractivity contribution in [1.29, 1.82) is 0 Å². The quantitative estimate of drug-likeness (QED) is 0.544. The molecule has 5 nitrogen and oxygen atoms in total. The first kappa shape index (κ1) is 10.4. The van der Waals surface area contributed by atoms with E-state index in [1.54, 1.807) is 24.3 Å². The van der Waals surface area contributed by atoms with E-state index < -0.39 is 11.7 Å². The van der Waals surface area contributed by atoms with E-state index in [1.807, 2.05) is 6.07 Å². The molecule has 1 aliphatic rings. The molecule has 16 heavy (non-hydrogen) atoms. The Bertz CT molecular complexity index is 430. The predicted molar refractivity (Wildman–Crippen MR) is 56.3 cm³/mol. The van der Waals surface area contributed by atoms with Crippen LogP contribution in [0, 0.1) is 0 Å². The highest BCUT2D eigenvalue weighted by Crippen LogP contribution is 2.17. The van der Waals surface area contributed by atoms with Gasteiger partial charge in [-0.3, -0.25) is 14.4 Å². The fourth-order valence-corrected chi connectivity index (χ4v) is 1.60. The average Bonchev–Trinajstić information content (AvgIpc) is 2.64. The van der Waals surface area contributed by atoms with Gasteiger partial charge >= 0.3 is 5.91 Å². The summed E-state index contributed by atoms with van der Waals surface area (Å²) < 4.78 is 0. The van der Waals surface area contributed by atoms with Crippen LogP contribution in [0.5, 0.6) is 0 Å². The third-order valence-corrected chi connectivity index (χ3v) is 2.40. The molecular weight excluding hydrogens is 208 g/mol. The van der Waals surface area contributed by atoms with Crippen molar-refractivity contribution in [1.82, 2.24) is 5.01 Å². The molecular formula is C11H10N2O3. The minimum absolute atomic E-state index is 0.163. The molecule has 0 radical (unpaired) electrons. The minimum Gasteiger partial charge on any atom is -0.289 e. The number of hydrazine groups is 1. The maximum absolute atomic E-state index is 11.5. The van der Waals surface area contributed by atoms with Gasteiger partial charge in [0.25, 0.3) is 0 Å². The van der Waals surface area contributed by atoms with Crippen LogP contribution >= 0.6 is 0 Å². The molecule has 2 amide bonds. The SMILES string of the molecule is O=CN(c1ccccc1)N1CCC(=O)C1=O. The molecule has 2 rings (SSSR count). The Labute approximate surface area is 92.2 Å². The average molecular weight is 218 g/mol. The van der Waals surface area contributed by atoms with Gasteiger partial charge in [-0.05, 0) is 12.1 Å². The second kappa shape index (κ2) is 4.14. The molecule has 0 aliphatic carbocycles. The number of rotatable bonds is 3. The Kier molecular flexibility index (Phi) is 2.68. The molecule has 1 aromatic rings. The van der Waals surface area contributed by atoms with Gasteiger partial charge < -0.3 is 0 Å². The maximum atomic E-state index is 11.5. The number of carbonyl (C=O) groups is 3. The standard InChI is InChI=1S/C11H10N2O3/c14-8-13(9-4-2-1-3-5-9)12-7-6-10(15)11(12)16/h1-5,8H,6-7H2. The van der Waals surface area contributed by atoms with E-state index in [0.29, 0.717) is 12.1 Å². The summed E-state index contributed by atoms with van der Waals surface area (Å²) in [5.74, 6) is -1.08. The summed E-state index contributed by atoms with van der Waals surface area (Å²) in [5.41, 5.74) is 0.570. The van der Waals surface area contributed by atoms with Gasteiger partial charge in [0.2, 0.25) is 12.2 Å². The number of nitrogens with zero attached hydrogens (tertiary/aromatic N) is 2. The van der Waals surface area contributed by atoms with Gasteiger partial charge in [0.15, 0.2) is 0 Å². The number of amides is 2. The summed E-state index contributed by atoms with van der Waals surface area (Å²) in [6, 6.07) is 8.72. The van der Waals surface area contributed by atoms with Crippen molar-refractivity contribution < 1.29 is 14.4 Å². The van der Waals surface area contributed by atoms with Crippen molar-refractivity contribution in [3.8, 4) is 0 Å². The minimum atomic E-state index is -0.629. The summed E-state index contributed by atoms with van der Waals surface area (Å²) in [6.07, 6.45) is 0.696. The smallest absolute Gasteiger partial charge is 0.289 e. The zero-order valence-electron chi connectivity index (χ0n) is 8.50. The molecule has 0 spiro atoms. The monoisotopic (exact) mass is 218 g/mol. The fraction of sp³-hybridized carbons (Fsp3) is 0.182. The molecule has 0 atom stereocenters. The van der Waals surface area contributed by atoms with Gasteiger partial charge in [-0.15, -0.1) is 0 Å². The van der Waals surface area contributed by atoms with Crippen LogP contribution in [0.4, 0.5) is 5.69 Å². The van der Waals surface area contributed by atoms with Crippen LogP contribution in [-0.4, -0.2) is 29.7 Å². The van der Waals surface area contributed by atoms with Crippen molar-refractivity contribution in [3.63, 3.8) is 0 Å². The molecule has 1 fully saturated rings. The first-order valence-corrected chi connectivity index (χ1v) is 4.88. The number of para-hydroxylation sites is 1. The van der Waals surface area contributed by atoms with E-state index in [4.69, 9.17) is 0 Å². The predicted octanol–water partition coefficient (Wildman–Crippen LogP) is 0.366. The normalized spacial score (nSPS) is 15.4. The van der Waals surface area contributed by atoms with Crippen LogP contribution in [0.3, 0.4) is 0 Å². The van der Waals surface area contributed by atoms with Crippen LogP contribution in [-0.2, 0) is 14.4 Å². The molecule has 5 heteroatoms. The number of anilines is 1. The van der Waals surface area contributed by atoms with Crippen molar-refractivity contribution in [2.24, 2.45) is 0 Å². The maximum Gasteiger partial charge on any atom is 0.308 e. The van der Waals surface area contributed by atoms with E-state index in [-0.39, 0.29) is 13.0 Å². The number of carbonyl (C=O) groups excluding carboxylic acids is 3. The summed E-state index contributed by atoms with van der Waals surface area (Å²) in [4.78, 5) is 33.5. The number of hydrogen-bond donors (Lipinski definition) is 0. The topological polar surface area (TPSA) is 57.7 Å². The number of hydrogen-bond acceptors (Lipinski definition) is 3. The summed E-state index contributed by atoms with van der Waals surface area (Å²) in [5, 5.41) is 2.32. The van der Waals surface area contributed by atoms with Gasteiger partial charge in [-0.2, -0.15) is 0 Å². The van der Waals surface area contributed by atoms with Gasteiger partial charge in [-0.25, -0.2) is 10.0 Å². The molecule has 1 saturated heterocycles. The molecule has 0 aromatic heterocycles. The Morgan fingerprint density at radius 2 is 1.88 bits per heavy atom. The highest BCUT2D eigenvalue weighted by molar-refractivity contribution is 6.38. The van der Waals surface area contributed by atoms with Crippen LogP contribution in [0.1, 0.15) is 6.42 Å². The fourth-order valence-electron chi connectivity index (χ4n) is 1.60. The molecule has 0 N–H and O–H groups in total. The first-order chi connectivity index (χ1) is 7.74. The highest BCUT2D eigenvalue weighted by atomic mass is 16.2. The molecule has 82 valence electrons. The summed E-state index contributed by atoms with van der Waals surface area (Å²) in [7, 11) is 0. The van der Waals surface area contributed by atoms with Gasteiger partial charge in [0.1, 0.15) is 0 Å².